The molecule has 1 aromatic heterocycles. The molecule has 9 heteroatoms. The molecule has 1 aliphatic heterocycles. The summed E-state index contributed by atoms with van der Waals surface area (Å²) in [6, 6.07) is 15.0. The van der Waals surface area contributed by atoms with Crippen molar-refractivity contribution in [1.29, 1.82) is 0 Å². The fraction of sp³-hybridized carbons (Fsp3) is 0.241. The Morgan fingerprint density at radius 1 is 1.03 bits per heavy atom. The molecule has 0 fully saturated rings. The molecule has 0 saturated heterocycles. The van der Waals surface area contributed by atoms with Crippen molar-refractivity contribution in [1.82, 2.24) is 20.6 Å². The van der Waals surface area contributed by atoms with Crippen LogP contribution in [0, 0.1) is 11.6 Å². The topological polar surface area (TPSA) is 93.2 Å². The Morgan fingerprint density at radius 2 is 1.71 bits per heavy atom. The Labute approximate surface area is 218 Å². The van der Waals surface area contributed by atoms with Gasteiger partial charge in [-0.2, -0.15) is 0 Å². The van der Waals surface area contributed by atoms with Crippen molar-refractivity contribution >= 4 is 23.0 Å². The fourth-order valence-corrected chi connectivity index (χ4v) is 4.46. The van der Waals surface area contributed by atoms with E-state index in [2.05, 4.69) is 10.6 Å². The highest BCUT2D eigenvalue weighted by molar-refractivity contribution is 5.99. The molecule has 2 amide bonds. The summed E-state index contributed by atoms with van der Waals surface area (Å²) in [5, 5.41) is 5.63. The molecule has 0 aliphatic carbocycles. The molecule has 0 bridgehead atoms. The van der Waals surface area contributed by atoms with Gasteiger partial charge in [0.05, 0.1) is 28.5 Å². The molecule has 194 valence electrons. The standard InChI is InChI=1S/C29H26F2N4O3/c1-29(2,3)38-28(37)35-24(12-16-10-19(30)14-20(31)11-16)26-25(33-22-6-4-5-7-23(22)34-26)17-8-9-18-15-32-27(36)21(18)13-17/h4-11,13-14,24H,12,15H2,1-3H3,(H,32,36)(H,35,37)/t24-/m0/s1. The molecule has 4 aromatic rings. The van der Waals surface area contributed by atoms with Crippen molar-refractivity contribution in [2.24, 2.45) is 0 Å². The van der Waals surface area contributed by atoms with Crippen LogP contribution in [0.1, 0.15) is 54.0 Å². The molecule has 0 radical (unpaired) electrons. The number of halogens is 2. The number of fused-ring (bicyclic) bond motifs is 2. The van der Waals surface area contributed by atoms with Crippen LogP contribution in [0.4, 0.5) is 13.6 Å². The number of amides is 2. The summed E-state index contributed by atoms with van der Waals surface area (Å²) in [4.78, 5) is 34.9. The highest BCUT2D eigenvalue weighted by atomic mass is 19.1. The van der Waals surface area contributed by atoms with Gasteiger partial charge in [-0.1, -0.05) is 24.3 Å². The molecular weight excluding hydrogens is 490 g/mol. The monoisotopic (exact) mass is 516 g/mol. The molecule has 7 nitrogen and oxygen atoms in total. The summed E-state index contributed by atoms with van der Waals surface area (Å²) >= 11 is 0. The van der Waals surface area contributed by atoms with Crippen LogP contribution >= 0.6 is 0 Å². The van der Waals surface area contributed by atoms with Gasteiger partial charge in [0.2, 0.25) is 0 Å². The van der Waals surface area contributed by atoms with Crippen LogP contribution in [0.15, 0.2) is 60.7 Å². The Morgan fingerprint density at radius 3 is 2.39 bits per heavy atom. The number of aromatic nitrogens is 2. The first-order valence-electron chi connectivity index (χ1n) is 12.2. The largest absolute Gasteiger partial charge is 0.444 e. The maximum absolute atomic E-state index is 14.1. The van der Waals surface area contributed by atoms with Crippen molar-refractivity contribution in [2.75, 3.05) is 0 Å². The molecule has 2 heterocycles. The highest BCUT2D eigenvalue weighted by Gasteiger charge is 2.27. The molecule has 38 heavy (non-hydrogen) atoms. The number of alkyl carbamates (subject to hydrolysis) is 1. The number of nitrogens with zero attached hydrogens (tertiary/aromatic N) is 2. The van der Waals surface area contributed by atoms with Crippen LogP contribution in [-0.4, -0.2) is 27.6 Å². The van der Waals surface area contributed by atoms with E-state index >= 15 is 0 Å². The summed E-state index contributed by atoms with van der Waals surface area (Å²) < 4.78 is 33.6. The Hall–Kier alpha value is -4.40. The second-order valence-electron chi connectivity index (χ2n) is 10.2. The van der Waals surface area contributed by atoms with Crippen LogP contribution in [0.2, 0.25) is 0 Å². The van der Waals surface area contributed by atoms with Gasteiger partial charge in [-0.15, -0.1) is 0 Å². The lowest BCUT2D eigenvalue weighted by Gasteiger charge is -2.25. The summed E-state index contributed by atoms with van der Waals surface area (Å²) in [6.07, 6.45) is -0.701. The van der Waals surface area contributed by atoms with E-state index in [0.717, 1.165) is 11.6 Å². The minimum Gasteiger partial charge on any atom is -0.444 e. The fourth-order valence-electron chi connectivity index (χ4n) is 4.46. The predicted molar refractivity (Wildman–Crippen MR) is 138 cm³/mol. The summed E-state index contributed by atoms with van der Waals surface area (Å²) in [6.45, 7) is 5.65. The zero-order valence-electron chi connectivity index (χ0n) is 21.1. The number of benzene rings is 3. The first kappa shape index (κ1) is 25.3. The van der Waals surface area contributed by atoms with E-state index in [9.17, 15) is 18.4 Å². The van der Waals surface area contributed by atoms with E-state index in [0.29, 0.717) is 45.7 Å². The van der Waals surface area contributed by atoms with Crippen LogP contribution in [0.3, 0.4) is 0 Å². The number of nitrogens with one attached hydrogen (secondary N) is 2. The van der Waals surface area contributed by atoms with Crippen LogP contribution in [0.25, 0.3) is 22.3 Å². The Kier molecular flexibility index (Phi) is 6.52. The Balaban J connectivity index is 1.66. The lowest BCUT2D eigenvalue weighted by Crippen LogP contribution is -2.36. The SMILES string of the molecule is CC(C)(C)OC(=O)N[C@@H](Cc1cc(F)cc(F)c1)c1nc2ccccc2nc1-c1ccc2c(c1)C(=O)NC2. The number of hydrogen-bond acceptors (Lipinski definition) is 5. The van der Waals surface area contributed by atoms with Gasteiger partial charge in [0.1, 0.15) is 17.2 Å². The maximum Gasteiger partial charge on any atom is 0.408 e. The molecule has 3 aromatic carbocycles. The van der Waals surface area contributed by atoms with Gasteiger partial charge < -0.3 is 15.4 Å². The lowest BCUT2D eigenvalue weighted by molar-refractivity contribution is 0.0502. The third-order valence-electron chi connectivity index (χ3n) is 6.05. The average molecular weight is 517 g/mol. The van der Waals surface area contributed by atoms with Gasteiger partial charge in [-0.25, -0.2) is 23.5 Å². The molecule has 0 spiro atoms. The molecule has 0 unspecified atom stereocenters. The van der Waals surface area contributed by atoms with Gasteiger partial charge in [-0.05, 0) is 68.7 Å². The van der Waals surface area contributed by atoms with E-state index in [1.165, 1.54) is 12.1 Å². The van der Waals surface area contributed by atoms with Crippen LogP contribution in [-0.2, 0) is 17.7 Å². The van der Waals surface area contributed by atoms with E-state index in [1.807, 2.05) is 30.3 Å². The van der Waals surface area contributed by atoms with Gasteiger partial charge in [0.15, 0.2) is 0 Å². The zero-order valence-corrected chi connectivity index (χ0v) is 21.1. The number of carbonyl (C=O) groups excluding carboxylic acids is 2. The normalized spacial score (nSPS) is 13.7. The van der Waals surface area contributed by atoms with E-state index in [1.54, 1.807) is 32.9 Å². The number of rotatable bonds is 5. The van der Waals surface area contributed by atoms with E-state index in [-0.39, 0.29) is 12.3 Å². The van der Waals surface area contributed by atoms with Crippen molar-refractivity contribution in [3.05, 3.63) is 94.7 Å². The summed E-state index contributed by atoms with van der Waals surface area (Å²) in [7, 11) is 0. The molecular formula is C29H26F2N4O3. The summed E-state index contributed by atoms with van der Waals surface area (Å²) in [5.41, 5.74) is 3.57. The van der Waals surface area contributed by atoms with Gasteiger partial charge >= 0.3 is 6.09 Å². The molecule has 5 rings (SSSR count). The first-order valence-corrected chi connectivity index (χ1v) is 12.2. The molecule has 2 N–H and O–H groups in total. The lowest BCUT2D eigenvalue weighted by atomic mass is 9.96. The second kappa shape index (κ2) is 9.81. The third kappa shape index (κ3) is 5.46. The zero-order chi connectivity index (χ0) is 27.0. The molecule has 1 atom stereocenters. The number of carbonyl (C=O) groups is 2. The minimum atomic E-state index is -0.861. The van der Waals surface area contributed by atoms with E-state index < -0.39 is 29.4 Å². The molecule has 0 saturated carbocycles. The number of hydrogen-bond donors (Lipinski definition) is 2. The minimum absolute atomic E-state index is 0.0133. The smallest absolute Gasteiger partial charge is 0.408 e. The second-order valence-corrected chi connectivity index (χ2v) is 10.2. The Bertz CT molecular complexity index is 1550. The van der Waals surface area contributed by atoms with E-state index in [4.69, 9.17) is 14.7 Å². The number of ether oxygens (including phenoxy) is 1. The van der Waals surface area contributed by atoms with Crippen molar-refractivity contribution in [2.45, 2.75) is 45.4 Å². The van der Waals surface area contributed by atoms with Crippen molar-refractivity contribution < 1.29 is 23.1 Å². The van der Waals surface area contributed by atoms with Crippen LogP contribution in [0.5, 0.6) is 0 Å². The first-order chi connectivity index (χ1) is 18.1. The molecule has 1 aliphatic rings. The van der Waals surface area contributed by atoms with Gasteiger partial charge in [0.25, 0.3) is 5.91 Å². The highest BCUT2D eigenvalue weighted by Crippen LogP contribution is 2.32. The number of para-hydroxylation sites is 2. The maximum atomic E-state index is 14.1. The van der Waals surface area contributed by atoms with Gasteiger partial charge in [0, 0.05) is 23.7 Å². The average Bonchev–Trinajstić information content (AvgIpc) is 3.21. The summed E-state index contributed by atoms with van der Waals surface area (Å²) in [5.74, 6) is -1.65. The third-order valence-corrected chi connectivity index (χ3v) is 6.05. The van der Waals surface area contributed by atoms with Gasteiger partial charge in [-0.3, -0.25) is 4.79 Å². The van der Waals surface area contributed by atoms with Crippen LogP contribution < -0.4 is 10.6 Å². The predicted octanol–water partition coefficient (Wildman–Crippen LogP) is 5.63. The quantitative estimate of drug-likeness (QED) is 0.359. The van der Waals surface area contributed by atoms with Crippen molar-refractivity contribution in [3.63, 3.8) is 0 Å². The van der Waals surface area contributed by atoms with Crippen molar-refractivity contribution in [3.8, 4) is 11.3 Å².